The Kier molecular flexibility index (Phi) is 6.55. The van der Waals surface area contributed by atoms with Crippen molar-refractivity contribution in [2.45, 2.75) is 50.5 Å². The number of amides is 1. The molecule has 0 spiro atoms. The summed E-state index contributed by atoms with van der Waals surface area (Å²) in [5, 5.41) is 2.99. The molecule has 2 aliphatic heterocycles. The average molecular weight is 394 g/mol. The fourth-order valence-corrected chi connectivity index (χ4v) is 5.66. The van der Waals surface area contributed by atoms with Gasteiger partial charge in [0, 0.05) is 19.6 Å². The molecule has 7 heteroatoms. The maximum atomic E-state index is 13.0. The number of benzene rings is 1. The number of likely N-dealkylation sites (tertiary alicyclic amines) is 1. The minimum Gasteiger partial charge on any atom is -0.354 e. The third-order valence-electron chi connectivity index (χ3n) is 5.53. The van der Waals surface area contributed by atoms with Gasteiger partial charge in [-0.05, 0) is 63.7 Å². The van der Waals surface area contributed by atoms with E-state index in [1.54, 1.807) is 24.3 Å². The van der Waals surface area contributed by atoms with E-state index in [9.17, 15) is 13.2 Å². The Morgan fingerprint density at radius 3 is 2.48 bits per heavy atom. The maximum absolute atomic E-state index is 13.0. The summed E-state index contributed by atoms with van der Waals surface area (Å²) < 4.78 is 27.3. The number of nitrogens with zero attached hydrogens (tertiary/aromatic N) is 2. The highest BCUT2D eigenvalue weighted by Crippen LogP contribution is 2.26. The maximum Gasteiger partial charge on any atom is 0.243 e. The number of nitrogens with one attached hydrogen (secondary N) is 1. The molecule has 27 heavy (non-hydrogen) atoms. The highest BCUT2D eigenvalue weighted by atomic mass is 32.2. The summed E-state index contributed by atoms with van der Waals surface area (Å²) in [6, 6.07) is 6.22. The monoisotopic (exact) mass is 393 g/mol. The molecule has 2 aliphatic rings. The predicted octanol–water partition coefficient (Wildman–Crippen LogP) is 2.00. The molecule has 2 heterocycles. The second-order valence-electron chi connectivity index (χ2n) is 7.94. The molecule has 0 bridgehead atoms. The van der Waals surface area contributed by atoms with Gasteiger partial charge in [-0.2, -0.15) is 4.31 Å². The van der Waals surface area contributed by atoms with Crippen LogP contribution in [0.15, 0.2) is 29.2 Å². The minimum absolute atomic E-state index is 0.170. The second kappa shape index (κ2) is 8.71. The van der Waals surface area contributed by atoms with Crippen molar-refractivity contribution in [1.29, 1.82) is 0 Å². The summed E-state index contributed by atoms with van der Waals surface area (Å²) in [4.78, 5) is 15.4. The van der Waals surface area contributed by atoms with Gasteiger partial charge in [0.1, 0.15) is 6.04 Å². The van der Waals surface area contributed by atoms with Crippen LogP contribution in [0.25, 0.3) is 0 Å². The quantitative estimate of drug-likeness (QED) is 0.769. The van der Waals surface area contributed by atoms with Crippen LogP contribution < -0.4 is 5.32 Å². The normalized spacial score (nSPS) is 22.8. The van der Waals surface area contributed by atoms with Gasteiger partial charge in [0.2, 0.25) is 15.9 Å². The number of carbonyl (C=O) groups excluding carboxylic acids is 1. The fraction of sp³-hybridized carbons (Fsp3) is 0.650. The van der Waals surface area contributed by atoms with Crippen LogP contribution >= 0.6 is 0 Å². The Hall–Kier alpha value is -1.44. The molecule has 3 rings (SSSR count). The van der Waals surface area contributed by atoms with Crippen LogP contribution in [0.4, 0.5) is 0 Å². The molecule has 0 aromatic heterocycles. The van der Waals surface area contributed by atoms with Gasteiger partial charge < -0.3 is 10.2 Å². The summed E-state index contributed by atoms with van der Waals surface area (Å²) in [5.74, 6) is 0.187. The Balaban J connectivity index is 1.59. The van der Waals surface area contributed by atoms with Gasteiger partial charge in [-0.3, -0.25) is 4.79 Å². The van der Waals surface area contributed by atoms with E-state index in [2.05, 4.69) is 17.1 Å². The van der Waals surface area contributed by atoms with Crippen LogP contribution in [-0.2, 0) is 14.8 Å². The molecular formula is C20H31N3O3S. The van der Waals surface area contributed by atoms with Gasteiger partial charge in [-0.15, -0.1) is 0 Å². The van der Waals surface area contributed by atoms with E-state index < -0.39 is 16.1 Å². The number of hydrogen-bond acceptors (Lipinski definition) is 4. The zero-order valence-electron chi connectivity index (χ0n) is 16.4. The molecule has 1 aromatic carbocycles. The van der Waals surface area contributed by atoms with E-state index in [0.717, 1.165) is 25.2 Å². The van der Waals surface area contributed by atoms with Gasteiger partial charge >= 0.3 is 0 Å². The van der Waals surface area contributed by atoms with E-state index in [4.69, 9.17) is 0 Å². The first-order chi connectivity index (χ1) is 12.9. The van der Waals surface area contributed by atoms with Crippen LogP contribution in [0.1, 0.15) is 38.2 Å². The van der Waals surface area contributed by atoms with E-state index in [-0.39, 0.29) is 10.8 Å². The molecule has 2 saturated heterocycles. The molecule has 1 N–H and O–H groups in total. The predicted molar refractivity (Wildman–Crippen MR) is 106 cm³/mol. The first-order valence-electron chi connectivity index (χ1n) is 9.96. The Labute approximate surface area is 163 Å². The number of aryl methyl sites for hydroxylation is 1. The summed E-state index contributed by atoms with van der Waals surface area (Å²) in [7, 11) is -3.64. The van der Waals surface area contributed by atoms with Crippen LogP contribution in [-0.4, -0.2) is 62.3 Å². The molecule has 1 unspecified atom stereocenters. The van der Waals surface area contributed by atoms with E-state index in [1.165, 1.54) is 17.1 Å². The Morgan fingerprint density at radius 2 is 1.81 bits per heavy atom. The van der Waals surface area contributed by atoms with Gasteiger partial charge in [0.15, 0.2) is 0 Å². The first-order valence-corrected chi connectivity index (χ1v) is 11.4. The van der Waals surface area contributed by atoms with Crippen molar-refractivity contribution in [3.63, 3.8) is 0 Å². The van der Waals surface area contributed by atoms with Crippen LogP contribution in [0.3, 0.4) is 0 Å². The highest BCUT2D eigenvalue weighted by Gasteiger charge is 2.39. The molecule has 2 atom stereocenters. The molecule has 0 aliphatic carbocycles. The summed E-state index contributed by atoms with van der Waals surface area (Å²) in [6.07, 6.45) is 3.81. The summed E-state index contributed by atoms with van der Waals surface area (Å²) in [5.41, 5.74) is 1.01. The molecule has 2 fully saturated rings. The lowest BCUT2D eigenvalue weighted by Crippen LogP contribution is -2.47. The smallest absolute Gasteiger partial charge is 0.243 e. The van der Waals surface area contributed by atoms with Crippen LogP contribution in [0, 0.1) is 12.8 Å². The van der Waals surface area contributed by atoms with Gasteiger partial charge in [0.25, 0.3) is 0 Å². The molecule has 0 saturated carbocycles. The third kappa shape index (κ3) is 4.89. The first kappa shape index (κ1) is 20.3. The lowest BCUT2D eigenvalue weighted by Gasteiger charge is -2.25. The van der Waals surface area contributed by atoms with Crippen molar-refractivity contribution in [1.82, 2.24) is 14.5 Å². The van der Waals surface area contributed by atoms with Crippen molar-refractivity contribution in [3.05, 3.63) is 29.8 Å². The van der Waals surface area contributed by atoms with Crippen LogP contribution in [0.2, 0.25) is 0 Å². The molecule has 6 nitrogen and oxygen atoms in total. The van der Waals surface area contributed by atoms with Crippen molar-refractivity contribution < 1.29 is 13.2 Å². The van der Waals surface area contributed by atoms with Crippen molar-refractivity contribution in [3.8, 4) is 0 Å². The second-order valence-corrected chi connectivity index (χ2v) is 9.84. The fourth-order valence-electron chi connectivity index (χ4n) is 4.00. The zero-order valence-corrected chi connectivity index (χ0v) is 17.2. The minimum atomic E-state index is -3.64. The SMILES string of the molecule is Cc1ccc(S(=O)(=O)N2CCC[C@H]2C(=O)NCC(C)CN2CCCC2)cc1. The van der Waals surface area contributed by atoms with Gasteiger partial charge in [-0.1, -0.05) is 24.6 Å². The lowest BCUT2D eigenvalue weighted by molar-refractivity contribution is -0.124. The molecule has 150 valence electrons. The lowest BCUT2D eigenvalue weighted by atomic mass is 10.1. The number of sulfonamides is 1. The number of rotatable bonds is 7. The van der Waals surface area contributed by atoms with Crippen molar-refractivity contribution in [2.24, 2.45) is 5.92 Å². The van der Waals surface area contributed by atoms with E-state index in [1.807, 2.05) is 6.92 Å². The van der Waals surface area contributed by atoms with E-state index >= 15 is 0 Å². The largest absolute Gasteiger partial charge is 0.354 e. The Bertz CT molecular complexity index is 742. The Morgan fingerprint density at radius 1 is 1.15 bits per heavy atom. The summed E-state index contributed by atoms with van der Waals surface area (Å²) >= 11 is 0. The van der Waals surface area contributed by atoms with Crippen LogP contribution in [0.5, 0.6) is 0 Å². The van der Waals surface area contributed by atoms with Crippen molar-refractivity contribution in [2.75, 3.05) is 32.7 Å². The van der Waals surface area contributed by atoms with Gasteiger partial charge in [0.05, 0.1) is 4.90 Å². The molecular weight excluding hydrogens is 362 g/mol. The molecule has 1 aromatic rings. The standard InChI is InChI=1S/C20H31N3O3S/c1-16-7-9-18(10-8-16)27(25,26)23-13-5-6-19(23)20(24)21-14-17(2)15-22-11-3-4-12-22/h7-10,17,19H,3-6,11-15H2,1-2H3,(H,21,24)/t17?,19-/m0/s1. The topological polar surface area (TPSA) is 69.7 Å². The number of carbonyl (C=O) groups is 1. The molecule has 1 amide bonds. The van der Waals surface area contributed by atoms with E-state index in [0.29, 0.717) is 31.8 Å². The molecule has 0 radical (unpaired) electrons. The number of hydrogen-bond donors (Lipinski definition) is 1. The highest BCUT2D eigenvalue weighted by molar-refractivity contribution is 7.89. The third-order valence-corrected chi connectivity index (χ3v) is 7.45. The summed E-state index contributed by atoms with van der Waals surface area (Å²) in [6.45, 7) is 8.31. The van der Waals surface area contributed by atoms with Crippen molar-refractivity contribution >= 4 is 15.9 Å². The van der Waals surface area contributed by atoms with Gasteiger partial charge in [-0.25, -0.2) is 8.42 Å². The zero-order chi connectivity index (χ0) is 19.4. The average Bonchev–Trinajstić information content (AvgIpc) is 3.32.